The Labute approximate surface area is 507 Å². The minimum atomic E-state index is -1.13. The van der Waals surface area contributed by atoms with Gasteiger partial charge in [0.1, 0.15) is 11.5 Å². The molecule has 0 saturated carbocycles. The number of likely N-dealkylation sites (tertiary alicyclic amines) is 1. The first-order valence-corrected chi connectivity index (χ1v) is 29.1. The number of nitrogens with one attached hydrogen (secondary N) is 1. The summed E-state index contributed by atoms with van der Waals surface area (Å²) in [6, 6.07) is 1.11. The van der Waals surface area contributed by atoms with Crippen LogP contribution in [0.15, 0.2) is 59.4 Å². The summed E-state index contributed by atoms with van der Waals surface area (Å²) >= 11 is 0. The molecule has 2 aromatic heterocycles. The van der Waals surface area contributed by atoms with E-state index in [0.29, 0.717) is 141 Å². The molecule has 3 aliphatic heterocycles. The normalized spacial score (nSPS) is 17.3. The zero-order valence-corrected chi connectivity index (χ0v) is 51.6. The number of halogens is 3. The Bertz CT molecular complexity index is 2320. The van der Waals surface area contributed by atoms with E-state index in [0.717, 1.165) is 102 Å². The van der Waals surface area contributed by atoms with Gasteiger partial charge in [-0.3, -0.25) is 0 Å². The summed E-state index contributed by atoms with van der Waals surface area (Å²) in [4.78, 5) is 13.6. The number of nitrogens with zero attached hydrogens (tertiary/aromatic N) is 10. The molecule has 1 radical (unpaired) electrons. The summed E-state index contributed by atoms with van der Waals surface area (Å²) in [7, 11) is 2.26. The van der Waals surface area contributed by atoms with Gasteiger partial charge in [-0.1, -0.05) is 22.2 Å². The van der Waals surface area contributed by atoms with E-state index in [1.807, 2.05) is 11.1 Å². The monoisotopic (exact) mass is 1250 g/mol. The van der Waals surface area contributed by atoms with Crippen molar-refractivity contribution in [3.8, 4) is 11.5 Å². The Morgan fingerprint density at radius 1 is 0.841 bits per heavy atom. The second-order valence-corrected chi connectivity index (χ2v) is 20.3. The van der Waals surface area contributed by atoms with Crippen molar-refractivity contribution in [2.45, 2.75) is 90.2 Å². The van der Waals surface area contributed by atoms with Gasteiger partial charge < -0.3 is 73.7 Å². The van der Waals surface area contributed by atoms with Crippen molar-refractivity contribution in [1.82, 2.24) is 35.3 Å². The van der Waals surface area contributed by atoms with Gasteiger partial charge in [0, 0.05) is 97.8 Å². The van der Waals surface area contributed by atoms with E-state index >= 15 is 0 Å². The molecule has 2 fully saturated rings. The number of amidine groups is 1. The standard InChI is InChI=1S/C54H79F3N11O10P.CH4O.Y/c1-42(78-51-48(56)30-44(55)31-49(51)57)12-21-70-17-5-3-6-18-71-23-25-73-22-16-68-35-45(64-65-68)37-75-28-27-74-26-24-72-19-7-4-8-20-77-46-32-60-53(61-33-46)66-15-10-13-54(38-66)39-67(40-54)52(58)47-34-63-62-14-9-11-43(29-50(47)59-2)36-76-41-79-69;1-2;/h30-35,43,62H,1,3-29,36-41H2,2H3;2H,1H3;/q-2;;/p+1/b50-47-,63-34-;;. The van der Waals surface area contributed by atoms with Gasteiger partial charge in [-0.05, 0) is 101 Å². The van der Waals surface area contributed by atoms with Crippen LogP contribution < -0.4 is 19.8 Å². The number of rotatable bonds is 39. The minimum absolute atomic E-state index is 0. The van der Waals surface area contributed by atoms with Crippen LogP contribution in [0.25, 0.3) is 10.7 Å². The molecule has 1 aromatic carbocycles. The molecule has 0 amide bonds. The first kappa shape index (κ1) is 70.2. The number of aliphatic hydroxyl groups is 1. The Kier molecular flexibility index (Phi) is 35.7. The Morgan fingerprint density at radius 2 is 1.48 bits per heavy atom. The van der Waals surface area contributed by atoms with Crippen LogP contribution in [0.5, 0.6) is 11.5 Å². The summed E-state index contributed by atoms with van der Waals surface area (Å²) in [6.07, 6.45) is 17.4. The molecule has 22 nitrogen and oxygen atoms in total. The van der Waals surface area contributed by atoms with Crippen LogP contribution in [0, 0.1) is 28.8 Å². The molecule has 2 saturated heterocycles. The fraction of sp³-hybridized carbons (Fsp3) is 0.673. The third-order valence-electron chi connectivity index (χ3n) is 13.3. The van der Waals surface area contributed by atoms with Gasteiger partial charge in [0.25, 0.3) is 0 Å². The molecule has 82 heavy (non-hydrogen) atoms. The number of benzene rings is 1. The average molecular weight is 1250 g/mol. The molecule has 0 bridgehead atoms. The zero-order valence-electron chi connectivity index (χ0n) is 47.8. The number of anilines is 1. The van der Waals surface area contributed by atoms with Crippen LogP contribution in [0.2, 0.25) is 0 Å². The Balaban J connectivity index is 0.00000476. The van der Waals surface area contributed by atoms with Crippen LogP contribution >= 0.6 is 8.46 Å². The second-order valence-electron chi connectivity index (χ2n) is 19.7. The molecular weight excluding hydrogens is 1170 g/mol. The second kappa shape index (κ2) is 41.7. The number of hydrogen-bond donors (Lipinski definition) is 2. The van der Waals surface area contributed by atoms with Crippen molar-refractivity contribution in [3.63, 3.8) is 0 Å². The molecule has 2 N–H and O–H groups in total. The van der Waals surface area contributed by atoms with Crippen molar-refractivity contribution in [3.05, 3.63) is 88.2 Å². The third-order valence-corrected chi connectivity index (χ3v) is 13.7. The van der Waals surface area contributed by atoms with Crippen molar-refractivity contribution in [2.24, 2.45) is 16.4 Å². The predicted octanol–water partition coefficient (Wildman–Crippen LogP) is 7.59. The summed E-state index contributed by atoms with van der Waals surface area (Å²) in [5.41, 5.74) is 5.23. The number of aliphatic hydroxyl groups excluding tert-OH is 1. The molecule has 0 aliphatic carbocycles. The minimum Gasteiger partial charge on any atom is -0.690 e. The number of piperidine rings is 1. The quantitative estimate of drug-likeness (QED) is 0.0184. The Morgan fingerprint density at radius 3 is 2.15 bits per heavy atom. The van der Waals surface area contributed by atoms with Crippen LogP contribution in [-0.2, 0) is 83.6 Å². The SMILES string of the molecule is C=C(CCOCCCCCOCCOCCn1cc(COCCOCCOCCCCCOc2cnc(N3CCCC4(CN(C(=[N-])C5=C(\[N-]C)CC(COC[PH+]=O)CCCN/N=C\5)C4)C3)nc2)nn1)Oc1c(F)cc(F)cc1F.CO.[Y]. The van der Waals surface area contributed by atoms with Crippen LogP contribution in [0.4, 0.5) is 19.1 Å². The van der Waals surface area contributed by atoms with Crippen molar-refractivity contribution in [1.29, 1.82) is 0 Å². The van der Waals surface area contributed by atoms with Gasteiger partial charge in [0.2, 0.25) is 12.3 Å². The average Bonchev–Trinajstić information content (AvgIpc) is 2.58. The van der Waals surface area contributed by atoms with Gasteiger partial charge >= 0.3 is 8.46 Å². The molecular formula is C55H84F3N11O11PY-. The number of hydrogen-bond acceptors (Lipinski definition) is 18. The van der Waals surface area contributed by atoms with Gasteiger partial charge in [-0.2, -0.15) is 10.8 Å². The van der Waals surface area contributed by atoms with Crippen LogP contribution in [0.1, 0.15) is 82.7 Å². The summed E-state index contributed by atoms with van der Waals surface area (Å²) < 4.78 is 104. The number of aromatic nitrogens is 5. The predicted molar refractivity (Wildman–Crippen MR) is 302 cm³/mol. The van der Waals surface area contributed by atoms with E-state index in [2.05, 4.69) is 47.6 Å². The molecule has 1 spiro atoms. The van der Waals surface area contributed by atoms with E-state index < -0.39 is 31.7 Å². The number of hydrazone groups is 1. The maximum absolute atomic E-state index is 13.7. The van der Waals surface area contributed by atoms with Crippen LogP contribution in [0.3, 0.4) is 0 Å². The van der Waals surface area contributed by atoms with E-state index in [9.17, 15) is 23.1 Å². The molecule has 455 valence electrons. The maximum atomic E-state index is 13.7. The molecule has 3 aliphatic rings. The fourth-order valence-electron chi connectivity index (χ4n) is 9.26. The molecule has 5 heterocycles. The van der Waals surface area contributed by atoms with E-state index in [-0.39, 0.29) is 75.0 Å². The van der Waals surface area contributed by atoms with Crippen molar-refractivity contribution in [2.75, 3.05) is 144 Å². The summed E-state index contributed by atoms with van der Waals surface area (Å²) in [5.74, 6) is -2.11. The van der Waals surface area contributed by atoms with E-state index in [4.69, 9.17) is 47.7 Å². The fourth-order valence-corrected chi connectivity index (χ4v) is 9.46. The molecule has 27 heteroatoms. The maximum Gasteiger partial charge on any atom is 0.353 e. The largest absolute Gasteiger partial charge is 0.690 e. The van der Waals surface area contributed by atoms with Crippen molar-refractivity contribution >= 4 is 26.5 Å². The summed E-state index contributed by atoms with van der Waals surface area (Å²) in [5, 5.41) is 35.8. The zero-order chi connectivity index (χ0) is 57.8. The van der Waals surface area contributed by atoms with E-state index in [1.54, 1.807) is 30.3 Å². The first-order chi connectivity index (χ1) is 39.6. The van der Waals surface area contributed by atoms with Crippen LogP contribution in [-0.4, -0.2) is 186 Å². The van der Waals surface area contributed by atoms with Gasteiger partial charge in [-0.25, -0.2) is 27.8 Å². The first-order valence-electron chi connectivity index (χ1n) is 28.0. The topological polar surface area (TPSA) is 244 Å². The Hall–Kier alpha value is -4.27. The van der Waals surface area contributed by atoms with Crippen molar-refractivity contribution < 1.29 is 98.2 Å². The molecule has 2 unspecified atom stereocenters. The molecule has 3 aromatic rings. The molecule has 2 atom stereocenters. The number of ether oxygens (including phenoxy) is 9. The molecule has 6 rings (SSSR count). The van der Waals surface area contributed by atoms with Gasteiger partial charge in [0.05, 0.1) is 110 Å². The van der Waals surface area contributed by atoms with Gasteiger partial charge in [0.15, 0.2) is 23.1 Å². The smallest absolute Gasteiger partial charge is 0.353 e. The number of allylic oxidation sites excluding steroid dienone is 1. The number of unbranched alkanes of at least 4 members (excludes halogenated alkanes) is 4. The van der Waals surface area contributed by atoms with E-state index in [1.165, 1.54) is 0 Å². The third kappa shape index (κ3) is 26.3. The van der Waals surface area contributed by atoms with Gasteiger partial charge in [-0.15, -0.1) is 12.1 Å². The summed E-state index contributed by atoms with van der Waals surface area (Å²) in [6.45, 7) is 14.8.